The quantitative estimate of drug-likeness (QED) is 0.294. The van der Waals surface area contributed by atoms with E-state index in [2.05, 4.69) is 39.1 Å². The molecule has 178 valence electrons. The van der Waals surface area contributed by atoms with E-state index < -0.39 is 0 Å². The van der Waals surface area contributed by atoms with Crippen molar-refractivity contribution >= 4 is 32.9 Å². The first kappa shape index (κ1) is 22.3. The zero-order chi connectivity index (χ0) is 23.8. The summed E-state index contributed by atoms with van der Waals surface area (Å²) in [6.07, 6.45) is 1.60. The van der Waals surface area contributed by atoms with E-state index in [1.807, 2.05) is 66.7 Å². The second-order valence-corrected chi connectivity index (χ2v) is 10.1. The van der Waals surface area contributed by atoms with Gasteiger partial charge in [-0.3, -0.25) is 9.68 Å². The van der Waals surface area contributed by atoms with E-state index >= 15 is 0 Å². The summed E-state index contributed by atoms with van der Waals surface area (Å²) in [6, 6.07) is 28.0. The molecule has 3 atom stereocenters. The highest BCUT2D eigenvalue weighted by Gasteiger charge is 2.52. The van der Waals surface area contributed by atoms with Crippen LogP contribution in [0, 0.1) is 0 Å². The molecule has 6 rings (SSSR count). The molecule has 0 spiro atoms. The minimum absolute atomic E-state index is 0.00376. The molecule has 1 saturated heterocycles. The third-order valence-corrected chi connectivity index (χ3v) is 7.44. The summed E-state index contributed by atoms with van der Waals surface area (Å²) in [5.74, 6) is 0.122. The summed E-state index contributed by atoms with van der Waals surface area (Å²) in [4.78, 5) is 29.5. The van der Waals surface area contributed by atoms with Gasteiger partial charge >= 0.3 is 6.03 Å². The minimum atomic E-state index is -0.237. The number of hydrogen-bond acceptors (Lipinski definition) is 3. The fourth-order valence-electron chi connectivity index (χ4n) is 5.24. The average Bonchev–Trinajstić information content (AvgIpc) is 3.47. The van der Waals surface area contributed by atoms with Gasteiger partial charge in [-0.1, -0.05) is 76.6 Å². The van der Waals surface area contributed by atoms with E-state index in [4.69, 9.17) is 9.68 Å². The Morgan fingerprint density at radius 2 is 1.49 bits per heavy atom. The Hall–Kier alpha value is -3.13. The number of H-pyrrole nitrogens is 1. The smallest absolute Gasteiger partial charge is 0.358 e. The van der Waals surface area contributed by atoms with Crippen LogP contribution in [-0.4, -0.2) is 33.2 Å². The third kappa shape index (κ3) is 4.47. The first-order valence-corrected chi connectivity index (χ1v) is 12.7. The number of nitrogens with one attached hydrogen (secondary N) is 1. The van der Waals surface area contributed by atoms with Crippen molar-refractivity contribution < 1.29 is 14.5 Å². The van der Waals surface area contributed by atoms with Gasteiger partial charge in [0, 0.05) is 27.0 Å². The van der Waals surface area contributed by atoms with Gasteiger partial charge < -0.3 is 4.98 Å². The van der Waals surface area contributed by atoms with Crippen molar-refractivity contribution in [3.8, 4) is 0 Å². The Morgan fingerprint density at radius 3 is 2.17 bits per heavy atom. The number of rotatable bonds is 7. The topological polar surface area (TPSA) is 57.8 Å². The number of urea groups is 1. The van der Waals surface area contributed by atoms with E-state index in [0.717, 1.165) is 45.0 Å². The van der Waals surface area contributed by atoms with E-state index in [0.29, 0.717) is 13.2 Å². The van der Waals surface area contributed by atoms with E-state index in [9.17, 15) is 4.79 Å². The molecule has 2 fully saturated rings. The Morgan fingerprint density at radius 1 is 0.829 bits per heavy atom. The number of aromatic nitrogens is 1. The van der Waals surface area contributed by atoms with Crippen LogP contribution in [0.25, 0.3) is 10.9 Å². The zero-order valence-corrected chi connectivity index (χ0v) is 20.7. The SMILES string of the molecule is O=C1N(OCc2ccccc2)C2CC(c3cc4cc(Br)ccc4[nH]3)C(C2)N1OCc1ccccc1. The second-order valence-electron chi connectivity index (χ2n) is 9.21. The zero-order valence-electron chi connectivity index (χ0n) is 19.1. The van der Waals surface area contributed by atoms with Crippen molar-refractivity contribution in [2.75, 3.05) is 0 Å². The fourth-order valence-corrected chi connectivity index (χ4v) is 5.62. The lowest BCUT2D eigenvalue weighted by Gasteiger charge is -2.39. The van der Waals surface area contributed by atoms with Crippen LogP contribution in [0.2, 0.25) is 0 Å². The molecule has 1 aliphatic heterocycles. The first-order chi connectivity index (χ1) is 17.2. The van der Waals surface area contributed by atoms with Crippen molar-refractivity contribution in [2.45, 2.75) is 44.1 Å². The molecule has 1 aromatic heterocycles. The molecule has 3 unspecified atom stereocenters. The number of hydroxylamine groups is 4. The number of aromatic amines is 1. The molecular weight excluding hydrogens is 506 g/mol. The number of carbonyl (C=O) groups is 1. The molecule has 4 aromatic rings. The maximum Gasteiger partial charge on any atom is 0.368 e. The minimum Gasteiger partial charge on any atom is -0.358 e. The van der Waals surface area contributed by atoms with Crippen LogP contribution >= 0.6 is 15.9 Å². The summed E-state index contributed by atoms with van der Waals surface area (Å²) in [5.41, 5.74) is 4.25. The van der Waals surface area contributed by atoms with Crippen molar-refractivity contribution in [3.05, 3.63) is 106 Å². The summed E-state index contributed by atoms with van der Waals surface area (Å²) in [7, 11) is 0. The van der Waals surface area contributed by atoms with Crippen molar-refractivity contribution in [3.63, 3.8) is 0 Å². The number of amides is 2. The van der Waals surface area contributed by atoms with Crippen molar-refractivity contribution in [1.29, 1.82) is 0 Å². The fraction of sp³-hybridized carbons (Fsp3) is 0.250. The highest BCUT2D eigenvalue weighted by atomic mass is 79.9. The molecule has 1 saturated carbocycles. The largest absolute Gasteiger partial charge is 0.368 e. The van der Waals surface area contributed by atoms with Crippen molar-refractivity contribution in [2.24, 2.45) is 0 Å². The van der Waals surface area contributed by atoms with Gasteiger partial charge in [-0.05, 0) is 48.2 Å². The average molecular weight is 532 g/mol. The molecule has 7 heteroatoms. The van der Waals surface area contributed by atoms with Gasteiger partial charge in [-0.15, -0.1) is 0 Å². The summed E-state index contributed by atoms with van der Waals surface area (Å²) >= 11 is 3.56. The van der Waals surface area contributed by atoms with E-state index in [-0.39, 0.29) is 24.0 Å². The molecule has 2 amide bonds. The standard InChI is InChI=1S/C28H26BrN3O3/c29-22-11-12-25-21(13-22)14-26(30-25)24-15-23-16-27(24)32(35-18-20-9-5-2-6-10-20)28(33)31(23)34-17-19-7-3-1-4-8-19/h1-14,23-24,27,30H,15-18H2. The number of carbonyl (C=O) groups excluding carboxylic acids is 1. The normalized spacial score (nSPS) is 21.7. The van der Waals surface area contributed by atoms with Crippen LogP contribution < -0.4 is 0 Å². The molecule has 2 aliphatic rings. The van der Waals surface area contributed by atoms with Crippen LogP contribution in [0.15, 0.2) is 89.4 Å². The van der Waals surface area contributed by atoms with Crippen LogP contribution in [0.4, 0.5) is 4.79 Å². The third-order valence-electron chi connectivity index (χ3n) is 6.94. The Balaban J connectivity index is 1.28. The van der Waals surface area contributed by atoms with Crippen LogP contribution in [0.3, 0.4) is 0 Å². The van der Waals surface area contributed by atoms with Gasteiger partial charge in [0.1, 0.15) is 13.2 Å². The second kappa shape index (κ2) is 9.49. The van der Waals surface area contributed by atoms with Gasteiger partial charge in [0.25, 0.3) is 0 Å². The molecule has 1 aliphatic carbocycles. The summed E-state index contributed by atoms with van der Waals surface area (Å²) in [5, 5.41) is 4.23. The Labute approximate surface area is 212 Å². The van der Waals surface area contributed by atoms with Crippen molar-refractivity contribution in [1.82, 2.24) is 15.1 Å². The number of hydrogen-bond donors (Lipinski definition) is 1. The first-order valence-electron chi connectivity index (χ1n) is 11.9. The lowest BCUT2D eigenvalue weighted by Crippen LogP contribution is -2.54. The number of halogens is 1. The molecule has 1 N–H and O–H groups in total. The van der Waals surface area contributed by atoms with Crippen LogP contribution in [0.5, 0.6) is 0 Å². The van der Waals surface area contributed by atoms with Gasteiger partial charge in [0.15, 0.2) is 0 Å². The maximum atomic E-state index is 13.6. The highest BCUT2D eigenvalue weighted by molar-refractivity contribution is 9.10. The van der Waals surface area contributed by atoms with E-state index in [1.165, 1.54) is 5.06 Å². The number of fused-ring (bicyclic) bond motifs is 3. The highest BCUT2D eigenvalue weighted by Crippen LogP contribution is 2.45. The summed E-state index contributed by atoms with van der Waals surface area (Å²) < 4.78 is 1.05. The predicted octanol–water partition coefficient (Wildman–Crippen LogP) is 6.55. The van der Waals surface area contributed by atoms with Crippen LogP contribution in [-0.2, 0) is 22.9 Å². The molecule has 0 radical (unpaired) electrons. The predicted molar refractivity (Wildman–Crippen MR) is 137 cm³/mol. The summed E-state index contributed by atoms with van der Waals surface area (Å²) in [6.45, 7) is 0.665. The van der Waals surface area contributed by atoms with Gasteiger partial charge in [-0.25, -0.2) is 4.79 Å². The molecule has 2 bridgehead atoms. The van der Waals surface area contributed by atoms with Gasteiger partial charge in [0.05, 0.1) is 12.1 Å². The molecule has 2 heterocycles. The van der Waals surface area contributed by atoms with Crippen LogP contribution in [0.1, 0.15) is 35.6 Å². The molecular formula is C28H26BrN3O3. The monoisotopic (exact) mass is 531 g/mol. The molecule has 3 aromatic carbocycles. The van der Waals surface area contributed by atoms with E-state index in [1.54, 1.807) is 5.06 Å². The Kier molecular flexibility index (Phi) is 6.06. The lowest BCUT2D eigenvalue weighted by molar-refractivity contribution is -0.230. The number of nitrogens with zero attached hydrogens (tertiary/aromatic N) is 2. The Bertz CT molecular complexity index is 1330. The molecule has 6 nitrogen and oxygen atoms in total. The number of benzene rings is 3. The lowest BCUT2D eigenvalue weighted by atomic mass is 9.99. The van der Waals surface area contributed by atoms with Gasteiger partial charge in [-0.2, -0.15) is 10.1 Å². The maximum absolute atomic E-state index is 13.6. The van der Waals surface area contributed by atoms with Gasteiger partial charge in [0.2, 0.25) is 0 Å². The molecule has 35 heavy (non-hydrogen) atoms.